The summed E-state index contributed by atoms with van der Waals surface area (Å²) in [4.78, 5) is 15.5. The zero-order valence-corrected chi connectivity index (χ0v) is 18.7. The quantitative estimate of drug-likeness (QED) is 0.254. The molecule has 0 spiro atoms. The summed E-state index contributed by atoms with van der Waals surface area (Å²) < 4.78 is 0. The van der Waals surface area contributed by atoms with Gasteiger partial charge < -0.3 is 20.2 Å². The molecule has 1 heterocycles. The summed E-state index contributed by atoms with van der Waals surface area (Å²) in [6.07, 6.45) is 0. The lowest BCUT2D eigenvalue weighted by Gasteiger charge is -2.18. The number of carbonyl (C=O) groups is 1. The second-order valence-corrected chi connectivity index (χ2v) is 8.45. The van der Waals surface area contributed by atoms with E-state index in [0.29, 0.717) is 16.2 Å². The molecule has 168 valence electrons. The average molecular weight is 470 g/mol. The van der Waals surface area contributed by atoms with Gasteiger partial charge in [0.25, 0.3) is 5.91 Å². The Bertz CT molecular complexity index is 1410. The second kappa shape index (κ2) is 8.61. The highest BCUT2D eigenvalue weighted by atomic mass is 35.5. The van der Waals surface area contributed by atoms with Gasteiger partial charge >= 0.3 is 0 Å². The number of anilines is 1. The molecule has 0 aromatic heterocycles. The van der Waals surface area contributed by atoms with Crippen LogP contribution >= 0.6 is 11.6 Å². The summed E-state index contributed by atoms with van der Waals surface area (Å²) in [5.74, 6) is -1.69. The van der Waals surface area contributed by atoms with Gasteiger partial charge in [0, 0.05) is 16.2 Å². The van der Waals surface area contributed by atoms with E-state index in [0.717, 1.165) is 28.0 Å². The first-order chi connectivity index (χ1) is 16.4. The van der Waals surface area contributed by atoms with Crippen molar-refractivity contribution in [1.82, 2.24) is 0 Å². The fourth-order valence-corrected chi connectivity index (χ4v) is 4.42. The standard InChI is InChI=1S/C28H20ClNO4/c29-20-12-10-19(11-13-20)25(18-6-2-1-3-7-18)26-21-8-4-5-9-22(21)30(28(26)34)16-17-14-23(31)27(33)24(32)15-17/h1-15,31-33H,16H2/b26-25+. The molecule has 1 amide bonds. The molecule has 1 aliphatic heterocycles. The Morgan fingerprint density at radius 1 is 0.765 bits per heavy atom. The van der Waals surface area contributed by atoms with Crippen LogP contribution in [0.25, 0.3) is 11.1 Å². The Balaban J connectivity index is 1.70. The number of rotatable bonds is 4. The minimum absolute atomic E-state index is 0.101. The van der Waals surface area contributed by atoms with Crippen LogP contribution in [0.4, 0.5) is 5.69 Å². The largest absolute Gasteiger partial charge is 0.504 e. The molecule has 34 heavy (non-hydrogen) atoms. The molecule has 0 unspecified atom stereocenters. The van der Waals surface area contributed by atoms with Gasteiger partial charge in [-0.1, -0.05) is 72.3 Å². The SMILES string of the molecule is O=C1/C(=C(\c2ccccc2)c2ccc(Cl)cc2)c2ccccc2N1Cc1cc(O)c(O)c(O)c1. The Kier molecular flexibility index (Phi) is 5.48. The maximum absolute atomic E-state index is 13.9. The van der Waals surface area contributed by atoms with Crippen molar-refractivity contribution in [3.63, 3.8) is 0 Å². The second-order valence-electron chi connectivity index (χ2n) is 8.01. The summed E-state index contributed by atoms with van der Waals surface area (Å²) in [6.45, 7) is 0.101. The summed E-state index contributed by atoms with van der Waals surface area (Å²) in [5, 5.41) is 30.2. The maximum Gasteiger partial charge on any atom is 0.259 e. The third kappa shape index (κ3) is 3.76. The van der Waals surface area contributed by atoms with E-state index in [1.54, 1.807) is 17.0 Å². The lowest BCUT2D eigenvalue weighted by molar-refractivity contribution is -0.113. The summed E-state index contributed by atoms with van der Waals surface area (Å²) in [5.41, 5.74) is 5.07. The molecule has 0 saturated carbocycles. The molecule has 6 heteroatoms. The van der Waals surface area contributed by atoms with Gasteiger partial charge in [0.2, 0.25) is 0 Å². The lowest BCUT2D eigenvalue weighted by atomic mass is 9.90. The number of fused-ring (bicyclic) bond motifs is 1. The van der Waals surface area contributed by atoms with Crippen LogP contribution in [-0.2, 0) is 11.3 Å². The minimum atomic E-state index is -0.591. The van der Waals surface area contributed by atoms with Crippen LogP contribution in [0.5, 0.6) is 17.2 Å². The van der Waals surface area contributed by atoms with Crippen LogP contribution in [0.2, 0.25) is 5.02 Å². The summed E-state index contributed by atoms with van der Waals surface area (Å²) in [6, 6.07) is 27.3. The van der Waals surface area contributed by atoms with Crippen molar-refractivity contribution in [2.45, 2.75) is 6.54 Å². The van der Waals surface area contributed by atoms with Crippen molar-refractivity contribution < 1.29 is 20.1 Å². The molecule has 4 aromatic rings. The van der Waals surface area contributed by atoms with Crippen LogP contribution in [0.3, 0.4) is 0 Å². The maximum atomic E-state index is 13.9. The number of nitrogens with zero attached hydrogens (tertiary/aromatic N) is 1. The van der Waals surface area contributed by atoms with Gasteiger partial charge in [-0.25, -0.2) is 0 Å². The third-order valence-corrected chi connectivity index (χ3v) is 6.09. The Labute approximate surface area is 201 Å². The zero-order chi connectivity index (χ0) is 23.8. The van der Waals surface area contributed by atoms with Gasteiger partial charge in [-0.15, -0.1) is 0 Å². The number of amides is 1. The van der Waals surface area contributed by atoms with E-state index in [2.05, 4.69) is 0 Å². The normalized spacial score (nSPS) is 14.3. The number of hydrogen-bond acceptors (Lipinski definition) is 4. The molecule has 0 atom stereocenters. The molecule has 4 aromatic carbocycles. The van der Waals surface area contributed by atoms with Crippen LogP contribution in [0.15, 0.2) is 91.0 Å². The van der Waals surface area contributed by atoms with Crippen LogP contribution in [-0.4, -0.2) is 21.2 Å². The highest BCUT2D eigenvalue weighted by Gasteiger charge is 2.35. The Morgan fingerprint density at radius 2 is 1.35 bits per heavy atom. The van der Waals surface area contributed by atoms with Crippen LogP contribution in [0, 0.1) is 0 Å². The summed E-state index contributed by atoms with van der Waals surface area (Å²) in [7, 11) is 0. The molecular formula is C28H20ClNO4. The Hall–Kier alpha value is -4.22. The summed E-state index contributed by atoms with van der Waals surface area (Å²) >= 11 is 6.13. The first-order valence-electron chi connectivity index (χ1n) is 10.6. The van der Waals surface area contributed by atoms with Gasteiger partial charge in [-0.2, -0.15) is 0 Å². The molecular weight excluding hydrogens is 450 g/mol. The van der Waals surface area contributed by atoms with E-state index in [1.807, 2.05) is 66.7 Å². The molecule has 0 saturated heterocycles. The fourth-order valence-electron chi connectivity index (χ4n) is 4.29. The fraction of sp³-hybridized carbons (Fsp3) is 0.0357. The van der Waals surface area contributed by atoms with Gasteiger partial charge in [0.05, 0.1) is 17.8 Å². The minimum Gasteiger partial charge on any atom is -0.504 e. The van der Waals surface area contributed by atoms with Crippen LogP contribution < -0.4 is 4.90 Å². The van der Waals surface area contributed by atoms with E-state index >= 15 is 0 Å². The van der Waals surface area contributed by atoms with Crippen molar-refractivity contribution in [3.05, 3.63) is 118 Å². The van der Waals surface area contributed by atoms with Gasteiger partial charge in [0.15, 0.2) is 17.2 Å². The number of aromatic hydroxyl groups is 3. The number of carbonyl (C=O) groups excluding carboxylic acids is 1. The van der Waals surface area contributed by atoms with Crippen molar-refractivity contribution in [2.75, 3.05) is 4.90 Å². The highest BCUT2D eigenvalue weighted by molar-refractivity contribution is 6.39. The van der Waals surface area contributed by atoms with Crippen molar-refractivity contribution >= 4 is 34.3 Å². The molecule has 0 fully saturated rings. The third-order valence-electron chi connectivity index (χ3n) is 5.84. The van der Waals surface area contributed by atoms with E-state index in [4.69, 9.17) is 11.6 Å². The van der Waals surface area contributed by atoms with E-state index < -0.39 is 17.2 Å². The smallest absolute Gasteiger partial charge is 0.259 e. The molecule has 5 rings (SSSR count). The lowest BCUT2D eigenvalue weighted by Crippen LogP contribution is -2.26. The molecule has 3 N–H and O–H groups in total. The number of halogens is 1. The number of hydrogen-bond donors (Lipinski definition) is 3. The number of para-hydroxylation sites is 1. The monoisotopic (exact) mass is 469 g/mol. The molecule has 5 nitrogen and oxygen atoms in total. The first-order valence-corrected chi connectivity index (χ1v) is 11.0. The number of phenols is 3. The van der Waals surface area contributed by atoms with Crippen LogP contribution in [0.1, 0.15) is 22.3 Å². The molecule has 0 bridgehead atoms. The predicted octanol–water partition coefficient (Wildman–Crippen LogP) is 5.96. The highest BCUT2D eigenvalue weighted by Crippen LogP contribution is 2.44. The van der Waals surface area contributed by atoms with Crippen molar-refractivity contribution in [1.29, 1.82) is 0 Å². The van der Waals surface area contributed by atoms with Gasteiger partial charge in [-0.3, -0.25) is 4.79 Å². The molecule has 0 aliphatic carbocycles. The Morgan fingerprint density at radius 3 is 2.03 bits per heavy atom. The number of phenolic OH excluding ortho intramolecular Hbond substituents is 3. The molecule has 0 radical (unpaired) electrons. The average Bonchev–Trinajstić information content (AvgIpc) is 3.11. The van der Waals surface area contributed by atoms with Crippen molar-refractivity contribution in [3.8, 4) is 17.2 Å². The van der Waals surface area contributed by atoms with Gasteiger partial charge in [0.1, 0.15) is 0 Å². The predicted molar refractivity (Wildman–Crippen MR) is 133 cm³/mol. The van der Waals surface area contributed by atoms with E-state index in [-0.39, 0.29) is 12.5 Å². The van der Waals surface area contributed by atoms with E-state index in [1.165, 1.54) is 12.1 Å². The van der Waals surface area contributed by atoms with Crippen molar-refractivity contribution in [2.24, 2.45) is 0 Å². The van der Waals surface area contributed by atoms with Gasteiger partial charge in [-0.05, 0) is 47.0 Å². The van der Waals surface area contributed by atoms with E-state index in [9.17, 15) is 20.1 Å². The molecule has 1 aliphatic rings. The zero-order valence-electron chi connectivity index (χ0n) is 17.9. The first kappa shape index (κ1) is 21.6. The number of benzene rings is 4. The topological polar surface area (TPSA) is 81.0 Å².